The highest BCUT2D eigenvalue weighted by molar-refractivity contribution is 9.10. The van der Waals surface area contributed by atoms with E-state index in [4.69, 9.17) is 4.74 Å². The van der Waals surface area contributed by atoms with Crippen molar-refractivity contribution in [1.82, 2.24) is 10.2 Å². The first-order chi connectivity index (χ1) is 14.0. The Labute approximate surface area is 185 Å². The minimum absolute atomic E-state index is 0.0506. The van der Waals surface area contributed by atoms with Crippen LogP contribution in [0.5, 0.6) is 5.75 Å². The maximum absolute atomic E-state index is 13.1. The first kappa shape index (κ1) is 23.3. The Morgan fingerprint density at radius 2 is 1.90 bits per heavy atom. The Bertz CT molecular complexity index is 814. The van der Waals surface area contributed by atoms with Crippen LogP contribution in [0.15, 0.2) is 53.0 Å². The molecule has 29 heavy (non-hydrogen) atoms. The Balaban J connectivity index is 2.10. The van der Waals surface area contributed by atoms with Crippen LogP contribution in [0, 0.1) is 0 Å². The van der Waals surface area contributed by atoms with Gasteiger partial charge >= 0.3 is 0 Å². The fourth-order valence-corrected chi connectivity index (χ4v) is 4.11. The zero-order valence-electron chi connectivity index (χ0n) is 17.0. The molecule has 156 valence electrons. The lowest BCUT2D eigenvalue weighted by Crippen LogP contribution is -2.48. The second kappa shape index (κ2) is 11.9. The lowest BCUT2D eigenvalue weighted by molar-refractivity contribution is -0.139. The van der Waals surface area contributed by atoms with Crippen LogP contribution in [0.1, 0.15) is 24.5 Å². The van der Waals surface area contributed by atoms with Crippen LogP contribution in [0.4, 0.5) is 0 Å². The number of benzene rings is 2. The van der Waals surface area contributed by atoms with E-state index in [0.29, 0.717) is 18.7 Å². The average Bonchev–Trinajstić information content (AvgIpc) is 2.74. The van der Waals surface area contributed by atoms with E-state index in [2.05, 4.69) is 21.2 Å². The number of nitrogens with one attached hydrogen (secondary N) is 1. The molecular formula is C22H27BrN2O3S. The van der Waals surface area contributed by atoms with Gasteiger partial charge in [-0.3, -0.25) is 9.59 Å². The van der Waals surface area contributed by atoms with E-state index in [9.17, 15) is 9.59 Å². The van der Waals surface area contributed by atoms with E-state index in [1.165, 1.54) is 0 Å². The molecule has 0 fully saturated rings. The number of carbonyl (C=O) groups excluding carboxylic acids is 2. The van der Waals surface area contributed by atoms with Gasteiger partial charge in [-0.2, -0.15) is 0 Å². The minimum atomic E-state index is -0.507. The Hall–Kier alpha value is -1.99. The number of hydrogen-bond donors (Lipinski definition) is 1. The van der Waals surface area contributed by atoms with Crippen molar-refractivity contribution in [2.45, 2.75) is 31.7 Å². The summed E-state index contributed by atoms with van der Waals surface area (Å²) in [5.74, 6) is 1.58. The molecule has 0 aromatic heterocycles. The van der Waals surface area contributed by atoms with E-state index in [1.807, 2.05) is 55.5 Å². The molecular weight excluding hydrogens is 452 g/mol. The Morgan fingerprint density at radius 3 is 2.52 bits per heavy atom. The summed E-state index contributed by atoms with van der Waals surface area (Å²) in [5, 5.41) is 2.68. The molecule has 5 nitrogen and oxygen atoms in total. The molecule has 2 rings (SSSR count). The van der Waals surface area contributed by atoms with Gasteiger partial charge in [-0.15, -0.1) is 11.8 Å². The zero-order valence-corrected chi connectivity index (χ0v) is 19.4. The summed E-state index contributed by atoms with van der Waals surface area (Å²) in [6, 6.07) is 15.1. The normalized spacial score (nSPS) is 11.6. The van der Waals surface area contributed by atoms with Gasteiger partial charge in [0.25, 0.3) is 0 Å². The topological polar surface area (TPSA) is 58.6 Å². The van der Waals surface area contributed by atoms with Crippen molar-refractivity contribution >= 4 is 39.5 Å². The van der Waals surface area contributed by atoms with Crippen molar-refractivity contribution in [3.05, 3.63) is 64.1 Å². The van der Waals surface area contributed by atoms with E-state index >= 15 is 0 Å². The third-order valence-corrected chi connectivity index (χ3v) is 6.04. The Kier molecular flexibility index (Phi) is 9.54. The summed E-state index contributed by atoms with van der Waals surface area (Å²) < 4.78 is 6.32. The monoisotopic (exact) mass is 478 g/mol. The van der Waals surface area contributed by atoms with Gasteiger partial charge in [-0.1, -0.05) is 47.1 Å². The molecule has 2 aromatic rings. The molecule has 0 saturated heterocycles. The molecule has 0 aliphatic rings. The van der Waals surface area contributed by atoms with Crippen molar-refractivity contribution < 1.29 is 14.3 Å². The van der Waals surface area contributed by atoms with Gasteiger partial charge in [0.05, 0.1) is 12.9 Å². The number of hydrogen-bond acceptors (Lipinski definition) is 4. The lowest BCUT2D eigenvalue weighted by atomic mass is 10.1. The number of rotatable bonds is 10. The fraction of sp³-hybridized carbons (Fsp3) is 0.364. The molecule has 2 amide bonds. The quantitative estimate of drug-likeness (QED) is 0.554. The first-order valence-electron chi connectivity index (χ1n) is 9.44. The number of methoxy groups -OCH3 is 1. The van der Waals surface area contributed by atoms with Crippen LogP contribution >= 0.6 is 27.7 Å². The van der Waals surface area contributed by atoms with Gasteiger partial charge in [-0.25, -0.2) is 0 Å². The second-order valence-electron chi connectivity index (χ2n) is 6.53. The van der Waals surface area contributed by atoms with Gasteiger partial charge in [0.2, 0.25) is 11.8 Å². The third kappa shape index (κ3) is 7.08. The molecule has 0 bridgehead atoms. The molecule has 0 aliphatic heterocycles. The number of halogens is 1. The molecule has 0 saturated carbocycles. The van der Waals surface area contributed by atoms with Crippen molar-refractivity contribution in [2.75, 3.05) is 19.9 Å². The van der Waals surface area contributed by atoms with Crippen LogP contribution < -0.4 is 10.1 Å². The number of amides is 2. The summed E-state index contributed by atoms with van der Waals surface area (Å²) in [4.78, 5) is 27.1. The van der Waals surface area contributed by atoms with E-state index in [1.54, 1.807) is 30.8 Å². The number of carbonyl (C=O) groups is 2. The van der Waals surface area contributed by atoms with Crippen LogP contribution in [-0.4, -0.2) is 42.7 Å². The molecule has 0 heterocycles. The van der Waals surface area contributed by atoms with Crippen LogP contribution in [0.25, 0.3) is 0 Å². The molecule has 0 radical (unpaired) electrons. The minimum Gasteiger partial charge on any atom is -0.497 e. The lowest BCUT2D eigenvalue weighted by Gasteiger charge is -2.30. The molecule has 1 atom stereocenters. The van der Waals surface area contributed by atoms with Crippen LogP contribution in [0.2, 0.25) is 0 Å². The molecule has 0 unspecified atom stereocenters. The molecule has 0 spiro atoms. The number of ether oxygens (including phenoxy) is 1. The molecule has 2 aromatic carbocycles. The largest absolute Gasteiger partial charge is 0.497 e. The second-order valence-corrected chi connectivity index (χ2v) is 8.43. The van der Waals surface area contributed by atoms with Gasteiger partial charge in [0.1, 0.15) is 11.8 Å². The van der Waals surface area contributed by atoms with Crippen molar-refractivity contribution in [3.63, 3.8) is 0 Å². The van der Waals surface area contributed by atoms with Crippen LogP contribution in [0.3, 0.4) is 0 Å². The highest BCUT2D eigenvalue weighted by Crippen LogP contribution is 2.20. The van der Waals surface area contributed by atoms with Gasteiger partial charge in [-0.05, 0) is 41.8 Å². The van der Waals surface area contributed by atoms with Crippen molar-refractivity contribution in [3.8, 4) is 5.75 Å². The summed E-state index contributed by atoms with van der Waals surface area (Å²) in [5.41, 5.74) is 2.08. The summed E-state index contributed by atoms with van der Waals surface area (Å²) in [7, 11) is 3.21. The van der Waals surface area contributed by atoms with Crippen molar-refractivity contribution in [2.24, 2.45) is 0 Å². The van der Waals surface area contributed by atoms with Crippen LogP contribution in [-0.2, 0) is 21.9 Å². The fourth-order valence-electron chi connectivity index (χ4n) is 2.97. The summed E-state index contributed by atoms with van der Waals surface area (Å²) >= 11 is 4.98. The number of thioether (sulfide) groups is 1. The van der Waals surface area contributed by atoms with Crippen molar-refractivity contribution in [1.29, 1.82) is 0 Å². The first-order valence-corrected chi connectivity index (χ1v) is 11.4. The molecule has 7 heteroatoms. The van der Waals surface area contributed by atoms with E-state index in [-0.39, 0.29) is 11.8 Å². The summed E-state index contributed by atoms with van der Waals surface area (Å²) in [6.07, 6.45) is 0.548. The third-order valence-electron chi connectivity index (χ3n) is 4.53. The van der Waals surface area contributed by atoms with E-state index < -0.39 is 6.04 Å². The smallest absolute Gasteiger partial charge is 0.242 e. The van der Waals surface area contributed by atoms with Gasteiger partial charge < -0.3 is 15.0 Å². The molecule has 0 aliphatic carbocycles. The standard InChI is InChI=1S/C22H27BrN2O3S/c1-4-20(22(27)24-2)25(13-17-6-5-7-19(12-17)28-3)21(26)15-29-14-16-8-10-18(23)11-9-16/h5-12,20H,4,13-15H2,1-3H3,(H,24,27)/t20-/m0/s1. The highest BCUT2D eigenvalue weighted by Gasteiger charge is 2.27. The maximum Gasteiger partial charge on any atom is 0.242 e. The maximum atomic E-state index is 13.1. The van der Waals surface area contributed by atoms with Gasteiger partial charge in [0.15, 0.2) is 0 Å². The summed E-state index contributed by atoms with van der Waals surface area (Å²) in [6.45, 7) is 2.28. The highest BCUT2D eigenvalue weighted by atomic mass is 79.9. The SMILES string of the molecule is CC[C@@H](C(=O)NC)N(Cc1cccc(OC)c1)C(=O)CSCc1ccc(Br)cc1. The predicted molar refractivity (Wildman–Crippen MR) is 122 cm³/mol. The number of nitrogens with zero attached hydrogens (tertiary/aromatic N) is 1. The predicted octanol–water partition coefficient (Wildman–Crippen LogP) is 4.24. The zero-order chi connectivity index (χ0) is 21.2. The number of likely N-dealkylation sites (N-methyl/N-ethyl adjacent to an activating group) is 1. The Morgan fingerprint density at radius 1 is 1.17 bits per heavy atom. The average molecular weight is 479 g/mol. The molecule has 1 N–H and O–H groups in total. The van der Waals surface area contributed by atoms with Gasteiger partial charge in [0, 0.05) is 23.8 Å². The van der Waals surface area contributed by atoms with E-state index in [0.717, 1.165) is 27.1 Å².